The van der Waals surface area contributed by atoms with Crippen LogP contribution in [0.25, 0.3) is 10.9 Å². The van der Waals surface area contributed by atoms with Crippen molar-refractivity contribution in [1.82, 2.24) is 20.2 Å². The molecule has 0 saturated carbocycles. The van der Waals surface area contributed by atoms with Crippen LogP contribution in [-0.4, -0.2) is 26.2 Å². The van der Waals surface area contributed by atoms with Gasteiger partial charge in [0, 0.05) is 23.5 Å². The van der Waals surface area contributed by atoms with Gasteiger partial charge in [0.25, 0.3) is 0 Å². The molecule has 0 aliphatic heterocycles. The van der Waals surface area contributed by atoms with E-state index in [-0.39, 0.29) is 6.03 Å². The van der Waals surface area contributed by atoms with Gasteiger partial charge in [-0.2, -0.15) is 5.10 Å². The van der Waals surface area contributed by atoms with Gasteiger partial charge in [-0.15, -0.1) is 0 Å². The molecule has 19 heavy (non-hydrogen) atoms. The summed E-state index contributed by atoms with van der Waals surface area (Å²) in [7, 11) is 0. The maximum Gasteiger partial charge on any atom is 0.324 e. The number of anilines is 2. The highest BCUT2D eigenvalue weighted by Crippen LogP contribution is 2.16. The summed E-state index contributed by atoms with van der Waals surface area (Å²) in [5, 5.41) is 13.0. The second-order valence-electron chi connectivity index (χ2n) is 3.84. The molecule has 0 spiro atoms. The van der Waals surface area contributed by atoms with Crippen molar-refractivity contribution in [2.24, 2.45) is 0 Å². The van der Waals surface area contributed by atoms with Crippen molar-refractivity contribution in [2.75, 3.05) is 10.6 Å². The predicted molar refractivity (Wildman–Crippen MR) is 70.8 cm³/mol. The number of aromatic amines is 1. The average molecular weight is 254 g/mol. The molecule has 0 aliphatic rings. The molecule has 0 aliphatic carbocycles. The number of hydrogen-bond acceptors (Lipinski definition) is 4. The van der Waals surface area contributed by atoms with Gasteiger partial charge in [-0.1, -0.05) is 0 Å². The number of carbonyl (C=O) groups excluding carboxylic acids is 1. The predicted octanol–water partition coefficient (Wildman–Crippen LogP) is 2.00. The van der Waals surface area contributed by atoms with Gasteiger partial charge in [-0.25, -0.2) is 9.78 Å². The first-order valence-corrected chi connectivity index (χ1v) is 5.58. The highest BCUT2D eigenvalue weighted by atomic mass is 16.2. The summed E-state index contributed by atoms with van der Waals surface area (Å²) in [4.78, 5) is 19.6. The second kappa shape index (κ2) is 4.73. The average Bonchev–Trinajstić information content (AvgIpc) is 2.87. The molecule has 3 N–H and O–H groups in total. The van der Waals surface area contributed by atoms with Gasteiger partial charge in [0.05, 0.1) is 17.9 Å². The van der Waals surface area contributed by atoms with Crippen molar-refractivity contribution in [3.8, 4) is 0 Å². The summed E-state index contributed by atoms with van der Waals surface area (Å²) in [6, 6.07) is 5.10. The SMILES string of the molecule is O=C(Nc1ccc2cn[nH]c2c1)Nc1cnccn1. The number of amides is 2. The zero-order valence-corrected chi connectivity index (χ0v) is 9.79. The lowest BCUT2D eigenvalue weighted by molar-refractivity contribution is 0.262. The van der Waals surface area contributed by atoms with Gasteiger partial charge < -0.3 is 5.32 Å². The van der Waals surface area contributed by atoms with E-state index in [2.05, 4.69) is 30.8 Å². The molecule has 7 nitrogen and oxygen atoms in total. The van der Waals surface area contributed by atoms with E-state index in [9.17, 15) is 4.79 Å². The van der Waals surface area contributed by atoms with Crippen LogP contribution in [0.5, 0.6) is 0 Å². The second-order valence-corrected chi connectivity index (χ2v) is 3.84. The van der Waals surface area contributed by atoms with E-state index in [0.29, 0.717) is 11.5 Å². The largest absolute Gasteiger partial charge is 0.324 e. The van der Waals surface area contributed by atoms with E-state index in [1.54, 1.807) is 18.3 Å². The van der Waals surface area contributed by atoms with E-state index in [0.717, 1.165) is 10.9 Å². The number of aromatic nitrogens is 4. The summed E-state index contributed by atoms with van der Waals surface area (Å²) in [5.41, 5.74) is 1.52. The van der Waals surface area contributed by atoms with Crippen LogP contribution in [0.3, 0.4) is 0 Å². The van der Waals surface area contributed by atoms with E-state index < -0.39 is 0 Å². The molecule has 0 saturated heterocycles. The number of rotatable bonds is 2. The van der Waals surface area contributed by atoms with Gasteiger partial charge >= 0.3 is 6.03 Å². The third-order valence-corrected chi connectivity index (χ3v) is 2.50. The lowest BCUT2D eigenvalue weighted by Crippen LogP contribution is -2.20. The molecule has 0 bridgehead atoms. The van der Waals surface area contributed by atoms with Gasteiger partial charge in [-0.05, 0) is 18.2 Å². The fourth-order valence-electron chi connectivity index (χ4n) is 1.66. The Balaban J connectivity index is 1.72. The third-order valence-electron chi connectivity index (χ3n) is 2.50. The van der Waals surface area contributed by atoms with E-state index in [1.165, 1.54) is 18.6 Å². The lowest BCUT2D eigenvalue weighted by atomic mass is 10.2. The van der Waals surface area contributed by atoms with Crippen LogP contribution in [0, 0.1) is 0 Å². The van der Waals surface area contributed by atoms with Gasteiger partial charge in [0.2, 0.25) is 0 Å². The van der Waals surface area contributed by atoms with Gasteiger partial charge in [0.15, 0.2) is 5.82 Å². The standard InChI is InChI=1S/C12H10N6O/c19-12(17-11-7-13-3-4-14-11)16-9-2-1-8-6-15-18-10(8)5-9/h1-7H,(H,15,18)(H2,14,16,17,19). The number of benzene rings is 1. The van der Waals surface area contributed by atoms with Crippen molar-refractivity contribution < 1.29 is 4.79 Å². The van der Waals surface area contributed by atoms with Crippen molar-refractivity contribution >= 4 is 28.4 Å². The Morgan fingerprint density at radius 3 is 2.95 bits per heavy atom. The normalized spacial score (nSPS) is 10.3. The molecule has 1 aromatic carbocycles. The minimum absolute atomic E-state index is 0.376. The minimum Gasteiger partial charge on any atom is -0.308 e. The Morgan fingerprint density at radius 2 is 2.11 bits per heavy atom. The summed E-state index contributed by atoms with van der Waals surface area (Å²) in [6.07, 6.45) is 6.23. The summed E-state index contributed by atoms with van der Waals surface area (Å²) in [6.45, 7) is 0. The molecule has 2 amide bonds. The molecule has 0 fully saturated rings. The van der Waals surface area contributed by atoms with E-state index in [4.69, 9.17) is 0 Å². The topological polar surface area (TPSA) is 95.6 Å². The monoisotopic (exact) mass is 254 g/mol. The first kappa shape index (κ1) is 11.1. The zero-order valence-electron chi connectivity index (χ0n) is 9.79. The zero-order chi connectivity index (χ0) is 13.1. The first-order valence-electron chi connectivity index (χ1n) is 5.58. The molecular formula is C12H10N6O. The molecule has 0 unspecified atom stereocenters. The third kappa shape index (κ3) is 2.49. The molecule has 94 valence electrons. The molecule has 7 heteroatoms. The van der Waals surface area contributed by atoms with Crippen LogP contribution >= 0.6 is 0 Å². The van der Waals surface area contributed by atoms with Crippen LogP contribution in [0.1, 0.15) is 0 Å². The first-order chi connectivity index (χ1) is 9.31. The van der Waals surface area contributed by atoms with Gasteiger partial charge in [-0.3, -0.25) is 15.4 Å². The maximum atomic E-state index is 11.7. The maximum absolute atomic E-state index is 11.7. The molecule has 2 aromatic heterocycles. The molecule has 0 atom stereocenters. The number of carbonyl (C=O) groups is 1. The van der Waals surface area contributed by atoms with Crippen LogP contribution in [0.2, 0.25) is 0 Å². The number of fused-ring (bicyclic) bond motifs is 1. The molecular weight excluding hydrogens is 244 g/mol. The van der Waals surface area contributed by atoms with Crippen molar-refractivity contribution in [2.45, 2.75) is 0 Å². The van der Waals surface area contributed by atoms with Crippen molar-refractivity contribution in [3.05, 3.63) is 43.0 Å². The Bertz CT molecular complexity index is 708. The molecule has 3 aromatic rings. The van der Waals surface area contributed by atoms with E-state index >= 15 is 0 Å². The molecule has 0 radical (unpaired) electrons. The Kier molecular flexibility index (Phi) is 2.77. The number of H-pyrrole nitrogens is 1. The van der Waals surface area contributed by atoms with Crippen molar-refractivity contribution in [1.29, 1.82) is 0 Å². The van der Waals surface area contributed by atoms with Crippen LogP contribution < -0.4 is 10.6 Å². The fourth-order valence-corrected chi connectivity index (χ4v) is 1.66. The summed E-state index contributed by atoms with van der Waals surface area (Å²) in [5.74, 6) is 0.391. The Hall–Kier alpha value is -2.96. The number of urea groups is 1. The number of nitrogens with one attached hydrogen (secondary N) is 3. The van der Waals surface area contributed by atoms with Crippen LogP contribution in [0.15, 0.2) is 43.0 Å². The molecule has 2 heterocycles. The number of nitrogens with zero attached hydrogens (tertiary/aromatic N) is 3. The van der Waals surface area contributed by atoms with Crippen molar-refractivity contribution in [3.63, 3.8) is 0 Å². The number of hydrogen-bond donors (Lipinski definition) is 3. The van der Waals surface area contributed by atoms with Gasteiger partial charge in [0.1, 0.15) is 0 Å². The lowest BCUT2D eigenvalue weighted by Gasteiger charge is -2.06. The smallest absolute Gasteiger partial charge is 0.308 e. The van der Waals surface area contributed by atoms with Crippen LogP contribution in [-0.2, 0) is 0 Å². The Labute approximate surface area is 108 Å². The summed E-state index contributed by atoms with van der Waals surface area (Å²) >= 11 is 0. The van der Waals surface area contributed by atoms with E-state index in [1.807, 2.05) is 6.07 Å². The molecule has 3 rings (SSSR count). The minimum atomic E-state index is -0.376. The highest BCUT2D eigenvalue weighted by Gasteiger charge is 2.04. The Morgan fingerprint density at radius 1 is 1.16 bits per heavy atom. The summed E-state index contributed by atoms with van der Waals surface area (Å²) < 4.78 is 0. The fraction of sp³-hybridized carbons (Fsp3) is 0. The quantitative estimate of drug-likeness (QED) is 0.651. The highest BCUT2D eigenvalue weighted by molar-refractivity contribution is 6.00. The van der Waals surface area contributed by atoms with Crippen LogP contribution in [0.4, 0.5) is 16.3 Å².